The molecular formula is C92H150N2Pd. The summed E-state index contributed by atoms with van der Waals surface area (Å²) in [7, 11) is 0. The molecule has 5 rings (SSSR count). The van der Waals surface area contributed by atoms with E-state index < -0.39 is 0 Å². The van der Waals surface area contributed by atoms with Crippen LogP contribution in [0.5, 0.6) is 0 Å². The van der Waals surface area contributed by atoms with Crippen LogP contribution in [0, 0.1) is 13.8 Å². The Bertz CT molecular complexity index is 2210. The maximum absolute atomic E-state index is 12.3. The Hall–Kier alpha value is -3.64. The van der Waals surface area contributed by atoms with E-state index >= 15 is 0 Å². The third-order valence-corrected chi connectivity index (χ3v) is 20.1. The second kappa shape index (κ2) is 65.0. The molecule has 0 atom stereocenters. The third-order valence-electron chi connectivity index (χ3n) is 20.1. The maximum Gasteiger partial charge on any atom is 2.00 e. The number of rotatable bonds is 60. The van der Waals surface area contributed by atoms with Crippen LogP contribution < -0.4 is 0 Å². The first-order valence-corrected chi connectivity index (χ1v) is 41.3. The summed E-state index contributed by atoms with van der Waals surface area (Å²) in [5, 5.41) is 0. The molecule has 3 heteroatoms. The Kier molecular flexibility index (Phi) is 59.8. The smallest absolute Gasteiger partial charge is 0.493 e. The molecular weight excluding hydrogens is 1240 g/mol. The second-order valence-electron chi connectivity index (χ2n) is 29.0. The third kappa shape index (κ3) is 47.1. The van der Waals surface area contributed by atoms with Crippen LogP contribution in [-0.2, 0) is 33.3 Å². The van der Waals surface area contributed by atoms with Gasteiger partial charge in [0.15, 0.2) is 0 Å². The molecule has 1 heterocycles. The van der Waals surface area contributed by atoms with Gasteiger partial charge >= 0.3 is 20.4 Å². The van der Waals surface area contributed by atoms with Crippen LogP contribution in [0.2, 0.25) is 0 Å². The van der Waals surface area contributed by atoms with Crippen molar-refractivity contribution in [2.45, 2.75) is 400 Å². The average molecular weight is 1390 g/mol. The van der Waals surface area contributed by atoms with Crippen molar-refractivity contribution in [1.82, 2.24) is 0 Å². The van der Waals surface area contributed by atoms with Crippen LogP contribution in [0.15, 0.2) is 120 Å². The van der Waals surface area contributed by atoms with Gasteiger partial charge in [-0.05, 0) is 86.8 Å². The van der Waals surface area contributed by atoms with Gasteiger partial charge in [-0.25, -0.2) is 4.70 Å². The number of benzene rings is 4. The Morgan fingerprint density at radius 1 is 0.242 bits per heavy atom. The molecule has 0 unspecified atom stereocenters. The molecule has 538 valence electrons. The number of unbranched alkanes of at least 4 members (excludes halogenated alkanes) is 50. The Morgan fingerprint density at radius 3 is 0.653 bits per heavy atom. The van der Waals surface area contributed by atoms with Crippen LogP contribution in [0.25, 0.3) is 16.9 Å². The Balaban J connectivity index is 0.00000180. The van der Waals surface area contributed by atoms with E-state index in [1.165, 1.54) is 354 Å². The fourth-order valence-corrected chi connectivity index (χ4v) is 14.1. The van der Waals surface area contributed by atoms with Crippen LogP contribution >= 0.6 is 0 Å². The number of aryl methyl sites for hydroxylation is 2. The summed E-state index contributed by atoms with van der Waals surface area (Å²) in [4.78, 5) is 0. The molecule has 1 aliphatic rings. The maximum atomic E-state index is 12.3. The largest absolute Gasteiger partial charge is 2.00 e. The summed E-state index contributed by atoms with van der Waals surface area (Å²) in [5.74, 6) is 0. The van der Waals surface area contributed by atoms with Crippen molar-refractivity contribution >= 4 is 11.4 Å². The Labute approximate surface area is 605 Å². The zero-order valence-electron chi connectivity index (χ0n) is 63.0. The summed E-state index contributed by atoms with van der Waals surface area (Å²) < 4.78 is 1.62. The summed E-state index contributed by atoms with van der Waals surface area (Å²) >= 11 is 0. The van der Waals surface area contributed by atoms with Gasteiger partial charge in [-0.1, -0.05) is 385 Å². The molecule has 0 saturated heterocycles. The molecule has 2 nitrogen and oxygen atoms in total. The van der Waals surface area contributed by atoms with Gasteiger partial charge in [-0.2, -0.15) is 49.2 Å². The first-order chi connectivity index (χ1) is 46.4. The molecule has 95 heavy (non-hydrogen) atoms. The monoisotopic (exact) mass is 1390 g/mol. The molecule has 0 radical (unpaired) electrons. The van der Waals surface area contributed by atoms with E-state index in [0.717, 1.165) is 73.9 Å². The van der Waals surface area contributed by atoms with Crippen molar-refractivity contribution in [3.05, 3.63) is 173 Å². The molecule has 4 aromatic carbocycles. The first-order valence-electron chi connectivity index (χ1n) is 41.3. The normalized spacial score (nSPS) is 12.1. The number of hydrogen-bond acceptors (Lipinski definition) is 0. The fourth-order valence-electron chi connectivity index (χ4n) is 14.1. The van der Waals surface area contributed by atoms with Crippen molar-refractivity contribution in [3.63, 3.8) is 0 Å². The van der Waals surface area contributed by atoms with E-state index in [1.807, 2.05) is 60.7 Å². The molecule has 0 saturated carbocycles. The predicted octanol–water partition coefficient (Wildman–Crippen LogP) is 31.6. The van der Waals surface area contributed by atoms with Gasteiger partial charge in [0.2, 0.25) is 11.4 Å². The minimum atomic E-state index is 0. The fraction of sp³-hybridized carbons (Fsp3) is 0.674. The van der Waals surface area contributed by atoms with Crippen LogP contribution in [0.4, 0.5) is 0 Å². The molecule has 0 spiro atoms. The van der Waals surface area contributed by atoms with E-state index in [9.17, 15) is 5.53 Å². The first kappa shape index (κ1) is 87.4. The minimum absolute atomic E-state index is 0. The van der Waals surface area contributed by atoms with Crippen molar-refractivity contribution in [2.24, 2.45) is 0 Å². The van der Waals surface area contributed by atoms with Crippen molar-refractivity contribution in [3.8, 4) is 0 Å². The number of allylic oxidation sites excluding steroid dienone is 2. The molecule has 0 N–H and O–H groups in total. The van der Waals surface area contributed by atoms with E-state index in [2.05, 4.69) is 90.1 Å². The molecule has 0 bridgehead atoms. The van der Waals surface area contributed by atoms with E-state index in [1.54, 1.807) is 4.70 Å². The summed E-state index contributed by atoms with van der Waals surface area (Å²) in [6.45, 7) is 16.7. The zero-order chi connectivity index (χ0) is 67.1. The van der Waals surface area contributed by atoms with Gasteiger partial charge in [0.1, 0.15) is 0 Å². The van der Waals surface area contributed by atoms with E-state index in [0.29, 0.717) is 0 Å². The van der Waals surface area contributed by atoms with Gasteiger partial charge < -0.3 is 5.53 Å². The summed E-state index contributed by atoms with van der Waals surface area (Å²) in [6, 6.07) is 38.2. The van der Waals surface area contributed by atoms with Gasteiger partial charge in [0.05, 0.1) is 0 Å². The van der Waals surface area contributed by atoms with Crippen LogP contribution in [0.3, 0.4) is 0 Å². The molecule has 0 aromatic heterocycles. The summed E-state index contributed by atoms with van der Waals surface area (Å²) in [5.41, 5.74) is 24.5. The quantitative estimate of drug-likeness (QED) is 0.0182. The van der Waals surface area contributed by atoms with E-state index in [-0.39, 0.29) is 20.4 Å². The average Bonchev–Trinajstić information content (AvgIpc) is 1.61. The number of hydrogen-bond donors (Lipinski definition) is 0. The standard InChI is InChI=1S/C78H136N2.2C7H7.Pd/c1-5-9-13-15-17-19-21-23-25-27-29-31-33-35-37-39-41-43-45-47-49-51-53-55-57-61-71-63-59-65-73(69-71)77-75(67-11-7-3)76(68-12-8-4)78(80(77)79)74-66-60-64-72(70-74)62-58-56-54-52-50-48-46-44-42-40-38-36-34-32-30-28-26-24-22-20-18-16-14-10-6-2;2*1-7-5-3-2-4-6-7;/h59-60,63-66,69-70H,5-58,61-62,67-68H2,1-4H3;2*2-6H,1H2;/q;2*-1;+2. The SMILES string of the molecule is CCCCCCCCCCCCCCCCCCCCCCCCCCCc1cccc(C2=C(CCCC)C(CCCC)=C(c3cccc(CCCCCCCCCCCCCCCCCCCCCCCCCCC)c3)[N+]2=[N-])c1.[CH2-]c1ccccc1.[CH2-]c1ccccc1.[Pd+2]. The topological polar surface area (TPSA) is 25.3 Å². The van der Waals surface area contributed by atoms with Crippen LogP contribution in [0.1, 0.15) is 421 Å². The van der Waals surface area contributed by atoms with Gasteiger partial charge in [-0.3, -0.25) is 0 Å². The van der Waals surface area contributed by atoms with Gasteiger partial charge in [-0.15, -0.1) is 24.3 Å². The Morgan fingerprint density at radius 2 is 0.453 bits per heavy atom. The second-order valence-corrected chi connectivity index (χ2v) is 29.0. The molecule has 4 aromatic rings. The molecule has 0 aliphatic carbocycles. The minimum Gasteiger partial charge on any atom is -0.493 e. The summed E-state index contributed by atoms with van der Waals surface area (Å²) in [6.07, 6.45) is 80.6. The van der Waals surface area contributed by atoms with Crippen molar-refractivity contribution in [2.75, 3.05) is 0 Å². The van der Waals surface area contributed by atoms with Crippen molar-refractivity contribution in [1.29, 1.82) is 0 Å². The number of nitrogens with zero attached hydrogens (tertiary/aromatic N) is 2. The molecule has 0 amide bonds. The van der Waals surface area contributed by atoms with Gasteiger partial charge in [0, 0.05) is 22.3 Å². The van der Waals surface area contributed by atoms with E-state index in [4.69, 9.17) is 0 Å². The van der Waals surface area contributed by atoms with Gasteiger partial charge in [0.25, 0.3) is 0 Å². The van der Waals surface area contributed by atoms with Crippen LogP contribution in [-0.4, -0.2) is 4.70 Å². The predicted molar refractivity (Wildman–Crippen MR) is 421 cm³/mol. The molecule has 0 fully saturated rings. The van der Waals surface area contributed by atoms with Crippen molar-refractivity contribution < 1.29 is 25.1 Å². The zero-order valence-corrected chi connectivity index (χ0v) is 64.6. The molecule has 1 aliphatic heterocycles.